The number of rotatable bonds is 4. The Hall–Kier alpha value is -0.0800. The highest BCUT2D eigenvalue weighted by Crippen LogP contribution is 2.27. The highest BCUT2D eigenvalue weighted by Gasteiger charge is 2.30. The predicted octanol–water partition coefficient (Wildman–Crippen LogP) is 2.09. The molecule has 2 N–H and O–H groups in total. The lowest BCUT2D eigenvalue weighted by Gasteiger charge is -2.34. The molecule has 0 saturated carbocycles. The Labute approximate surface area is 88.8 Å². The fourth-order valence-corrected chi connectivity index (χ4v) is 2.42. The Bertz CT molecular complexity index is 175. The van der Waals surface area contributed by atoms with Gasteiger partial charge in [0.25, 0.3) is 0 Å². The highest BCUT2D eigenvalue weighted by molar-refractivity contribution is 4.85. The molecule has 0 amide bonds. The zero-order valence-corrected chi connectivity index (χ0v) is 10.2. The molecule has 1 heterocycles. The maximum atomic E-state index is 5.78. The first-order valence-electron chi connectivity index (χ1n) is 5.90. The Morgan fingerprint density at radius 3 is 2.57 bits per heavy atom. The second kappa shape index (κ2) is 4.63. The van der Waals surface area contributed by atoms with Gasteiger partial charge in [-0.15, -0.1) is 0 Å². The van der Waals surface area contributed by atoms with Crippen LogP contribution in [0.3, 0.4) is 0 Å². The maximum absolute atomic E-state index is 5.78. The van der Waals surface area contributed by atoms with E-state index in [0.29, 0.717) is 0 Å². The van der Waals surface area contributed by atoms with Crippen LogP contribution in [-0.4, -0.2) is 30.6 Å². The summed E-state index contributed by atoms with van der Waals surface area (Å²) in [7, 11) is 0. The summed E-state index contributed by atoms with van der Waals surface area (Å²) < 4.78 is 0. The summed E-state index contributed by atoms with van der Waals surface area (Å²) in [5.74, 6) is 0.783. The molecule has 1 aliphatic heterocycles. The number of hydrogen-bond acceptors (Lipinski definition) is 2. The van der Waals surface area contributed by atoms with Gasteiger partial charge in [-0.05, 0) is 37.3 Å². The molecular weight excluding hydrogens is 172 g/mol. The lowest BCUT2D eigenvalue weighted by Crippen LogP contribution is -2.42. The number of nitrogens with two attached hydrogens (primary N) is 1. The van der Waals surface area contributed by atoms with E-state index in [1.165, 1.54) is 19.4 Å². The van der Waals surface area contributed by atoms with E-state index in [1.54, 1.807) is 0 Å². The summed E-state index contributed by atoms with van der Waals surface area (Å²) >= 11 is 0. The molecule has 1 unspecified atom stereocenters. The van der Waals surface area contributed by atoms with E-state index in [4.69, 9.17) is 5.73 Å². The summed E-state index contributed by atoms with van der Waals surface area (Å²) in [5.41, 5.74) is 6.05. The van der Waals surface area contributed by atoms with Gasteiger partial charge in [-0.25, -0.2) is 0 Å². The topological polar surface area (TPSA) is 29.3 Å². The standard InChI is InChI=1S/C12H26N2/c1-10(2)11-6-5-7-14(11)9-12(3,4)8-13/h10-11H,5-9,13H2,1-4H3. The van der Waals surface area contributed by atoms with Gasteiger partial charge >= 0.3 is 0 Å². The van der Waals surface area contributed by atoms with Crippen molar-refractivity contribution >= 4 is 0 Å². The molecule has 1 fully saturated rings. The fourth-order valence-electron chi connectivity index (χ4n) is 2.42. The van der Waals surface area contributed by atoms with E-state index < -0.39 is 0 Å². The smallest absolute Gasteiger partial charge is 0.0119 e. The average Bonchev–Trinajstić information content (AvgIpc) is 2.51. The largest absolute Gasteiger partial charge is 0.330 e. The molecule has 1 saturated heterocycles. The lowest BCUT2D eigenvalue weighted by molar-refractivity contribution is 0.143. The first-order chi connectivity index (χ1) is 6.46. The molecule has 1 aliphatic rings. The van der Waals surface area contributed by atoms with Gasteiger partial charge in [0.1, 0.15) is 0 Å². The first-order valence-corrected chi connectivity index (χ1v) is 5.90. The van der Waals surface area contributed by atoms with Gasteiger partial charge in [0, 0.05) is 12.6 Å². The summed E-state index contributed by atoms with van der Waals surface area (Å²) in [5, 5.41) is 0. The molecule has 2 nitrogen and oxygen atoms in total. The fraction of sp³-hybridized carbons (Fsp3) is 1.00. The van der Waals surface area contributed by atoms with Crippen LogP contribution in [0.2, 0.25) is 0 Å². The minimum absolute atomic E-state index is 0.275. The Morgan fingerprint density at radius 1 is 1.43 bits per heavy atom. The summed E-state index contributed by atoms with van der Waals surface area (Å²) in [4.78, 5) is 2.64. The van der Waals surface area contributed by atoms with Gasteiger partial charge in [0.2, 0.25) is 0 Å². The average molecular weight is 198 g/mol. The predicted molar refractivity (Wildman–Crippen MR) is 62.3 cm³/mol. The van der Waals surface area contributed by atoms with E-state index in [1.807, 2.05) is 0 Å². The molecule has 0 bridgehead atoms. The summed E-state index contributed by atoms with van der Waals surface area (Å²) in [6.45, 7) is 12.4. The van der Waals surface area contributed by atoms with Crippen LogP contribution in [-0.2, 0) is 0 Å². The van der Waals surface area contributed by atoms with Crippen LogP contribution in [0, 0.1) is 11.3 Å². The second-order valence-corrected chi connectivity index (χ2v) is 5.79. The van der Waals surface area contributed by atoms with Gasteiger partial charge in [-0.1, -0.05) is 27.7 Å². The second-order valence-electron chi connectivity index (χ2n) is 5.79. The summed E-state index contributed by atoms with van der Waals surface area (Å²) in [6, 6.07) is 0.792. The van der Waals surface area contributed by atoms with Crippen LogP contribution in [0.1, 0.15) is 40.5 Å². The van der Waals surface area contributed by atoms with E-state index in [2.05, 4.69) is 32.6 Å². The van der Waals surface area contributed by atoms with Crippen molar-refractivity contribution in [3.8, 4) is 0 Å². The quantitative estimate of drug-likeness (QED) is 0.749. The van der Waals surface area contributed by atoms with Crippen LogP contribution in [0.5, 0.6) is 0 Å². The highest BCUT2D eigenvalue weighted by atomic mass is 15.2. The molecule has 2 heteroatoms. The van der Waals surface area contributed by atoms with Crippen molar-refractivity contribution < 1.29 is 0 Å². The van der Waals surface area contributed by atoms with Crippen LogP contribution < -0.4 is 5.73 Å². The first kappa shape index (κ1) is 12.0. The SMILES string of the molecule is CC(C)C1CCCN1CC(C)(C)CN. The molecule has 1 rings (SSSR count). The zero-order chi connectivity index (χ0) is 10.8. The van der Waals surface area contributed by atoms with E-state index in [-0.39, 0.29) is 5.41 Å². The third kappa shape index (κ3) is 2.96. The maximum Gasteiger partial charge on any atom is 0.0119 e. The van der Waals surface area contributed by atoms with Crippen LogP contribution in [0.4, 0.5) is 0 Å². The lowest BCUT2D eigenvalue weighted by atomic mass is 9.91. The molecule has 0 aliphatic carbocycles. The van der Waals surface area contributed by atoms with Crippen molar-refractivity contribution in [2.75, 3.05) is 19.6 Å². The Morgan fingerprint density at radius 2 is 2.07 bits per heavy atom. The molecule has 0 aromatic heterocycles. The van der Waals surface area contributed by atoms with Gasteiger partial charge in [-0.3, -0.25) is 4.90 Å². The minimum Gasteiger partial charge on any atom is -0.330 e. The number of hydrogen-bond donors (Lipinski definition) is 1. The monoisotopic (exact) mass is 198 g/mol. The number of nitrogens with zero attached hydrogens (tertiary/aromatic N) is 1. The summed E-state index contributed by atoms with van der Waals surface area (Å²) in [6.07, 6.45) is 2.74. The van der Waals surface area contributed by atoms with Crippen molar-refractivity contribution in [3.05, 3.63) is 0 Å². The number of likely N-dealkylation sites (tertiary alicyclic amines) is 1. The van der Waals surface area contributed by atoms with E-state index in [9.17, 15) is 0 Å². The zero-order valence-electron chi connectivity index (χ0n) is 10.2. The van der Waals surface area contributed by atoms with Crippen molar-refractivity contribution in [1.29, 1.82) is 0 Å². The molecule has 0 aromatic carbocycles. The molecule has 1 atom stereocenters. The Balaban J connectivity index is 2.51. The van der Waals surface area contributed by atoms with Crippen LogP contribution in [0.15, 0.2) is 0 Å². The minimum atomic E-state index is 0.275. The van der Waals surface area contributed by atoms with Crippen molar-refractivity contribution in [3.63, 3.8) is 0 Å². The molecule has 0 spiro atoms. The third-order valence-electron chi connectivity index (χ3n) is 3.37. The Kier molecular flexibility index (Phi) is 3.96. The van der Waals surface area contributed by atoms with Crippen LogP contribution >= 0.6 is 0 Å². The van der Waals surface area contributed by atoms with Gasteiger partial charge < -0.3 is 5.73 Å². The van der Waals surface area contributed by atoms with E-state index in [0.717, 1.165) is 25.0 Å². The van der Waals surface area contributed by atoms with Gasteiger partial charge in [-0.2, -0.15) is 0 Å². The van der Waals surface area contributed by atoms with Crippen LogP contribution in [0.25, 0.3) is 0 Å². The van der Waals surface area contributed by atoms with Crippen molar-refractivity contribution in [2.24, 2.45) is 17.1 Å². The molecule has 14 heavy (non-hydrogen) atoms. The van der Waals surface area contributed by atoms with Crippen molar-refractivity contribution in [1.82, 2.24) is 4.90 Å². The van der Waals surface area contributed by atoms with Gasteiger partial charge in [0.15, 0.2) is 0 Å². The molecule has 0 radical (unpaired) electrons. The molecule has 0 aromatic rings. The molecular formula is C12H26N2. The van der Waals surface area contributed by atoms with Gasteiger partial charge in [0.05, 0.1) is 0 Å². The normalized spacial score (nSPS) is 24.9. The van der Waals surface area contributed by atoms with E-state index >= 15 is 0 Å². The third-order valence-corrected chi connectivity index (χ3v) is 3.37. The van der Waals surface area contributed by atoms with Crippen molar-refractivity contribution in [2.45, 2.75) is 46.6 Å². The molecule has 84 valence electrons.